The summed E-state index contributed by atoms with van der Waals surface area (Å²) in [7, 11) is -1.54. The zero-order chi connectivity index (χ0) is 14.5. The minimum absolute atomic E-state index is 0.226. The minimum Gasteiger partial charge on any atom is -0.468 e. The van der Waals surface area contributed by atoms with Gasteiger partial charge in [-0.3, -0.25) is 4.79 Å². The van der Waals surface area contributed by atoms with E-state index in [1.54, 1.807) is 6.92 Å². The lowest BCUT2D eigenvalue weighted by Gasteiger charge is -2.24. The van der Waals surface area contributed by atoms with Gasteiger partial charge in [0.2, 0.25) is 0 Å². The second-order valence-corrected chi connectivity index (χ2v) is 7.66. The maximum atomic E-state index is 11.5. The number of carbonyl (C=O) groups excluding carboxylic acids is 1. The topological polar surface area (TPSA) is 89.7 Å². The third-order valence-corrected chi connectivity index (χ3v) is 5.19. The Bertz CT molecular complexity index is 406. The Morgan fingerprint density at radius 3 is 2.68 bits per heavy atom. The first-order chi connectivity index (χ1) is 8.77. The van der Waals surface area contributed by atoms with Gasteiger partial charge in [0.1, 0.15) is 5.54 Å². The highest BCUT2D eigenvalue weighted by Crippen LogP contribution is 2.12. The molecule has 0 aliphatic carbocycles. The quantitative estimate of drug-likeness (QED) is 0.705. The predicted octanol–water partition coefficient (Wildman–Crippen LogP) is -0.222. The van der Waals surface area contributed by atoms with E-state index in [1.165, 1.54) is 7.11 Å². The fourth-order valence-corrected chi connectivity index (χ4v) is 3.53. The molecular weight excluding hydrogens is 268 g/mol. The Morgan fingerprint density at radius 1 is 1.37 bits per heavy atom. The summed E-state index contributed by atoms with van der Waals surface area (Å²) >= 11 is 0. The Balaban J connectivity index is 2.35. The van der Waals surface area contributed by atoms with E-state index in [-0.39, 0.29) is 11.5 Å². The number of sulfone groups is 1. The molecule has 1 aliphatic rings. The van der Waals surface area contributed by atoms with Crippen molar-refractivity contribution in [1.82, 2.24) is 4.90 Å². The van der Waals surface area contributed by atoms with Crippen molar-refractivity contribution in [2.24, 2.45) is 5.73 Å². The average Bonchev–Trinajstić information content (AvgIpc) is 2.49. The van der Waals surface area contributed by atoms with E-state index in [9.17, 15) is 13.2 Å². The summed E-state index contributed by atoms with van der Waals surface area (Å²) in [5.74, 6) is 0.0930. The van der Waals surface area contributed by atoms with Crippen molar-refractivity contribution in [3.05, 3.63) is 0 Å². The van der Waals surface area contributed by atoms with Gasteiger partial charge in [0.05, 0.1) is 18.6 Å². The number of hydrogen-bond donors (Lipinski definition) is 1. The van der Waals surface area contributed by atoms with Gasteiger partial charge in [-0.25, -0.2) is 8.42 Å². The molecule has 19 heavy (non-hydrogen) atoms. The zero-order valence-electron chi connectivity index (χ0n) is 11.7. The molecule has 0 aromatic rings. The van der Waals surface area contributed by atoms with Crippen LogP contribution in [-0.2, 0) is 19.4 Å². The summed E-state index contributed by atoms with van der Waals surface area (Å²) in [6, 6.07) is 0. The number of nitrogens with two attached hydrogens (primary N) is 1. The van der Waals surface area contributed by atoms with Crippen LogP contribution in [0.2, 0.25) is 0 Å². The van der Waals surface area contributed by atoms with Crippen LogP contribution in [0, 0.1) is 0 Å². The monoisotopic (exact) mass is 292 g/mol. The number of nitrogens with zero attached hydrogens (tertiary/aromatic N) is 1. The molecule has 1 rings (SSSR count). The molecule has 1 fully saturated rings. The van der Waals surface area contributed by atoms with Crippen LogP contribution in [0.4, 0.5) is 0 Å². The molecule has 0 radical (unpaired) electrons. The van der Waals surface area contributed by atoms with Gasteiger partial charge in [0, 0.05) is 6.54 Å². The van der Waals surface area contributed by atoms with E-state index in [4.69, 9.17) is 5.73 Å². The number of rotatable bonds is 5. The van der Waals surface area contributed by atoms with Crippen molar-refractivity contribution < 1.29 is 17.9 Å². The van der Waals surface area contributed by atoms with Crippen LogP contribution >= 0.6 is 0 Å². The molecule has 0 spiro atoms. The zero-order valence-corrected chi connectivity index (χ0v) is 12.5. The first-order valence-corrected chi connectivity index (χ1v) is 8.39. The summed E-state index contributed by atoms with van der Waals surface area (Å²) in [4.78, 5) is 13.5. The van der Waals surface area contributed by atoms with Crippen LogP contribution in [-0.4, -0.2) is 63.1 Å². The van der Waals surface area contributed by atoms with Gasteiger partial charge in [-0.15, -0.1) is 0 Å². The molecule has 0 aromatic carbocycles. The number of methoxy groups -OCH3 is 1. The van der Waals surface area contributed by atoms with Crippen molar-refractivity contribution in [1.29, 1.82) is 0 Å². The number of esters is 1. The molecule has 1 atom stereocenters. The summed E-state index contributed by atoms with van der Waals surface area (Å²) < 4.78 is 27.6. The average molecular weight is 292 g/mol. The van der Waals surface area contributed by atoms with E-state index < -0.39 is 21.3 Å². The SMILES string of the molecule is COC(=O)C(C)(N)CCCN1CCCS(=O)(=O)CC1. The molecule has 6 nitrogen and oxygen atoms in total. The molecule has 2 N–H and O–H groups in total. The van der Waals surface area contributed by atoms with Crippen LogP contribution < -0.4 is 5.73 Å². The van der Waals surface area contributed by atoms with Crippen molar-refractivity contribution >= 4 is 15.8 Å². The molecule has 0 bridgehead atoms. The second-order valence-electron chi connectivity index (χ2n) is 5.36. The highest BCUT2D eigenvalue weighted by molar-refractivity contribution is 7.91. The molecular formula is C12H24N2O4S. The maximum Gasteiger partial charge on any atom is 0.325 e. The molecule has 1 unspecified atom stereocenters. The Kier molecular flexibility index (Phi) is 5.76. The lowest BCUT2D eigenvalue weighted by Crippen LogP contribution is -2.46. The minimum atomic E-state index is -2.86. The second kappa shape index (κ2) is 6.67. The van der Waals surface area contributed by atoms with E-state index in [1.807, 2.05) is 0 Å². The molecule has 0 saturated carbocycles. The van der Waals surface area contributed by atoms with E-state index in [0.29, 0.717) is 19.4 Å². The van der Waals surface area contributed by atoms with Gasteiger partial charge in [0.15, 0.2) is 9.84 Å². The molecule has 1 aliphatic heterocycles. The first kappa shape index (κ1) is 16.4. The third kappa shape index (κ3) is 5.46. The third-order valence-electron chi connectivity index (χ3n) is 3.47. The van der Waals surface area contributed by atoms with Crippen molar-refractivity contribution in [3.8, 4) is 0 Å². The largest absolute Gasteiger partial charge is 0.468 e. The Morgan fingerprint density at radius 2 is 2.05 bits per heavy atom. The van der Waals surface area contributed by atoms with Crippen molar-refractivity contribution in [3.63, 3.8) is 0 Å². The molecule has 112 valence electrons. The summed E-state index contributed by atoms with van der Waals surface area (Å²) in [5, 5.41) is 0. The first-order valence-electron chi connectivity index (χ1n) is 6.57. The number of carbonyl (C=O) groups is 1. The molecule has 1 heterocycles. The van der Waals surface area contributed by atoms with Crippen molar-refractivity contribution in [2.75, 3.05) is 38.2 Å². The van der Waals surface area contributed by atoms with Gasteiger partial charge in [-0.2, -0.15) is 0 Å². The van der Waals surface area contributed by atoms with Crippen LogP contribution in [0.5, 0.6) is 0 Å². The van der Waals surface area contributed by atoms with Crippen molar-refractivity contribution in [2.45, 2.75) is 31.7 Å². The van der Waals surface area contributed by atoms with Gasteiger partial charge in [-0.05, 0) is 39.3 Å². The lowest BCUT2D eigenvalue weighted by molar-refractivity contribution is -0.146. The summed E-state index contributed by atoms with van der Waals surface area (Å²) in [6.45, 7) is 3.78. The van der Waals surface area contributed by atoms with Crippen LogP contribution in [0.15, 0.2) is 0 Å². The highest BCUT2D eigenvalue weighted by Gasteiger charge is 2.29. The normalized spacial score (nSPS) is 23.3. The van der Waals surface area contributed by atoms with Crippen LogP contribution in [0.25, 0.3) is 0 Å². The highest BCUT2D eigenvalue weighted by atomic mass is 32.2. The van der Waals surface area contributed by atoms with Crippen LogP contribution in [0.1, 0.15) is 26.2 Å². The van der Waals surface area contributed by atoms with Gasteiger partial charge >= 0.3 is 5.97 Å². The fourth-order valence-electron chi connectivity index (χ4n) is 2.22. The number of ether oxygens (including phenoxy) is 1. The lowest BCUT2D eigenvalue weighted by atomic mass is 9.97. The van der Waals surface area contributed by atoms with E-state index in [2.05, 4.69) is 9.64 Å². The number of hydrogen-bond acceptors (Lipinski definition) is 6. The molecule has 0 aromatic heterocycles. The van der Waals surface area contributed by atoms with Gasteiger partial charge < -0.3 is 15.4 Å². The van der Waals surface area contributed by atoms with Gasteiger partial charge in [-0.1, -0.05) is 0 Å². The van der Waals surface area contributed by atoms with E-state index in [0.717, 1.165) is 19.5 Å². The standard InChI is InChI=1S/C12H24N2O4S/c1-12(13,11(15)18-2)5-3-6-14-7-4-9-19(16,17)10-8-14/h3-10,13H2,1-2H3. The van der Waals surface area contributed by atoms with E-state index >= 15 is 0 Å². The van der Waals surface area contributed by atoms with Gasteiger partial charge in [0.25, 0.3) is 0 Å². The van der Waals surface area contributed by atoms with Crippen LogP contribution in [0.3, 0.4) is 0 Å². The molecule has 7 heteroatoms. The smallest absolute Gasteiger partial charge is 0.325 e. The summed E-state index contributed by atoms with van der Waals surface area (Å²) in [5.41, 5.74) is 4.91. The Hall–Kier alpha value is -0.660. The maximum absolute atomic E-state index is 11.5. The molecule has 1 saturated heterocycles. The predicted molar refractivity (Wildman–Crippen MR) is 73.6 cm³/mol. The molecule has 0 amide bonds. The fraction of sp³-hybridized carbons (Fsp3) is 0.917. The Labute approximate surface area is 115 Å². The summed E-state index contributed by atoms with van der Waals surface area (Å²) in [6.07, 6.45) is 1.96.